The Hall–Kier alpha value is -0.520. The van der Waals surface area contributed by atoms with Crippen LogP contribution >= 0.6 is 0 Å². The smallest absolute Gasteiger partial charge is 0.0766 e. The van der Waals surface area contributed by atoms with Crippen LogP contribution in [0.5, 0.6) is 0 Å². The van der Waals surface area contributed by atoms with Gasteiger partial charge in [0, 0.05) is 25.7 Å². The van der Waals surface area contributed by atoms with Crippen molar-refractivity contribution < 1.29 is 0 Å². The lowest BCUT2D eigenvalue weighted by molar-refractivity contribution is 0.166. The molecule has 0 bridgehead atoms. The highest BCUT2D eigenvalue weighted by atomic mass is 15.3. The van der Waals surface area contributed by atoms with Gasteiger partial charge in [-0.15, -0.1) is 6.42 Å². The maximum atomic E-state index is 5.58. The van der Waals surface area contributed by atoms with Gasteiger partial charge >= 0.3 is 0 Å². The van der Waals surface area contributed by atoms with E-state index in [2.05, 4.69) is 43.4 Å². The summed E-state index contributed by atoms with van der Waals surface area (Å²) in [7, 11) is 0. The van der Waals surface area contributed by atoms with Crippen LogP contribution in [0.15, 0.2) is 0 Å². The summed E-state index contributed by atoms with van der Waals surface area (Å²) in [5.74, 6) is 2.89. The summed E-state index contributed by atoms with van der Waals surface area (Å²) in [5, 5.41) is 0. The van der Waals surface area contributed by atoms with Gasteiger partial charge in [-0.3, -0.25) is 9.80 Å². The molecular weight excluding hydrogens is 184 g/mol. The molecular formula is C13H24N2. The van der Waals surface area contributed by atoms with Crippen molar-refractivity contribution in [1.29, 1.82) is 0 Å². The molecule has 0 unspecified atom stereocenters. The quantitative estimate of drug-likeness (QED) is 0.639. The van der Waals surface area contributed by atoms with Gasteiger partial charge in [-0.1, -0.05) is 5.92 Å². The minimum Gasteiger partial charge on any atom is -0.300 e. The molecule has 0 aromatic rings. The molecule has 0 aliphatic carbocycles. The Kier molecular flexibility index (Phi) is 4.19. The van der Waals surface area contributed by atoms with E-state index in [9.17, 15) is 0 Å². The molecule has 1 fully saturated rings. The monoisotopic (exact) mass is 208 g/mol. The third-order valence-corrected chi connectivity index (χ3v) is 3.40. The third-order valence-electron chi connectivity index (χ3n) is 3.40. The van der Waals surface area contributed by atoms with Gasteiger partial charge in [-0.25, -0.2) is 0 Å². The molecule has 0 spiro atoms. The predicted octanol–water partition coefficient (Wildman–Crippen LogP) is 1.81. The van der Waals surface area contributed by atoms with Crippen LogP contribution in [0, 0.1) is 12.3 Å². The average Bonchev–Trinajstić information content (AvgIpc) is 2.43. The summed E-state index contributed by atoms with van der Waals surface area (Å²) in [5.41, 5.74) is -0.0903. The SMILES string of the molecule is C#CC(C)(C)N1CCCN(C(C)C)CC1. The zero-order valence-corrected chi connectivity index (χ0v) is 10.6. The van der Waals surface area contributed by atoms with Gasteiger partial charge < -0.3 is 0 Å². The van der Waals surface area contributed by atoms with Gasteiger partial charge in [-0.05, 0) is 40.7 Å². The normalized spacial score (nSPS) is 21.3. The number of terminal acetylenes is 1. The molecule has 0 saturated carbocycles. The van der Waals surface area contributed by atoms with Crippen LogP contribution in [0.2, 0.25) is 0 Å². The second-order valence-electron chi connectivity index (χ2n) is 5.17. The second-order valence-corrected chi connectivity index (χ2v) is 5.17. The van der Waals surface area contributed by atoms with E-state index < -0.39 is 0 Å². The van der Waals surface area contributed by atoms with E-state index in [1.807, 2.05) is 0 Å². The fraction of sp³-hybridized carbons (Fsp3) is 0.846. The molecule has 1 heterocycles. The first kappa shape index (κ1) is 12.5. The topological polar surface area (TPSA) is 6.48 Å². The fourth-order valence-electron chi connectivity index (χ4n) is 2.10. The summed E-state index contributed by atoms with van der Waals surface area (Å²) >= 11 is 0. The van der Waals surface area contributed by atoms with E-state index in [0.29, 0.717) is 6.04 Å². The van der Waals surface area contributed by atoms with Crippen LogP contribution in [-0.2, 0) is 0 Å². The number of rotatable bonds is 2. The maximum absolute atomic E-state index is 5.58. The first-order valence-corrected chi connectivity index (χ1v) is 5.94. The van der Waals surface area contributed by atoms with E-state index in [-0.39, 0.29) is 5.54 Å². The molecule has 0 atom stereocenters. The maximum Gasteiger partial charge on any atom is 0.0766 e. The van der Waals surface area contributed by atoms with Gasteiger partial charge in [0.1, 0.15) is 0 Å². The summed E-state index contributed by atoms with van der Waals surface area (Å²) in [6, 6.07) is 0.652. The first-order chi connectivity index (χ1) is 6.97. The number of hydrogen-bond donors (Lipinski definition) is 0. The molecule has 0 aromatic carbocycles. The van der Waals surface area contributed by atoms with Gasteiger partial charge in [-0.2, -0.15) is 0 Å². The van der Waals surface area contributed by atoms with Crippen molar-refractivity contribution in [3.8, 4) is 12.3 Å². The molecule has 0 N–H and O–H groups in total. The second kappa shape index (κ2) is 5.01. The largest absolute Gasteiger partial charge is 0.300 e. The molecule has 0 aromatic heterocycles. The van der Waals surface area contributed by atoms with E-state index >= 15 is 0 Å². The molecule has 1 aliphatic heterocycles. The summed E-state index contributed by atoms with van der Waals surface area (Å²) in [4.78, 5) is 4.96. The first-order valence-electron chi connectivity index (χ1n) is 5.94. The molecule has 1 aliphatic rings. The Balaban J connectivity index is 2.57. The lowest BCUT2D eigenvalue weighted by Crippen LogP contribution is -2.45. The van der Waals surface area contributed by atoms with Crippen molar-refractivity contribution in [2.45, 2.75) is 45.7 Å². The number of hydrogen-bond acceptors (Lipinski definition) is 2. The van der Waals surface area contributed by atoms with E-state index in [1.54, 1.807) is 0 Å². The van der Waals surface area contributed by atoms with Crippen LogP contribution in [0.3, 0.4) is 0 Å². The minimum atomic E-state index is -0.0903. The Morgan fingerprint density at radius 3 is 2.33 bits per heavy atom. The average molecular weight is 208 g/mol. The molecule has 2 heteroatoms. The van der Waals surface area contributed by atoms with Crippen molar-refractivity contribution in [2.24, 2.45) is 0 Å². The van der Waals surface area contributed by atoms with Gasteiger partial charge in [0.05, 0.1) is 5.54 Å². The standard InChI is InChI=1S/C13H24N2/c1-6-13(4,5)15-9-7-8-14(10-11-15)12(2)3/h1,12H,7-11H2,2-5H3. The highest BCUT2D eigenvalue weighted by Gasteiger charge is 2.26. The number of nitrogens with zero attached hydrogens (tertiary/aromatic N) is 2. The van der Waals surface area contributed by atoms with Gasteiger partial charge in [0.25, 0.3) is 0 Å². The zero-order valence-electron chi connectivity index (χ0n) is 10.6. The molecule has 86 valence electrons. The lowest BCUT2D eigenvalue weighted by Gasteiger charge is -2.33. The minimum absolute atomic E-state index is 0.0903. The predicted molar refractivity (Wildman–Crippen MR) is 65.8 cm³/mol. The van der Waals surface area contributed by atoms with Crippen molar-refractivity contribution in [2.75, 3.05) is 26.2 Å². The molecule has 1 saturated heterocycles. The Bertz CT molecular complexity index is 237. The van der Waals surface area contributed by atoms with Crippen molar-refractivity contribution in [3.05, 3.63) is 0 Å². The highest BCUT2D eigenvalue weighted by molar-refractivity contribution is 5.08. The van der Waals surface area contributed by atoms with Crippen LogP contribution in [0.25, 0.3) is 0 Å². The van der Waals surface area contributed by atoms with Gasteiger partial charge in [0.2, 0.25) is 0 Å². The van der Waals surface area contributed by atoms with E-state index in [4.69, 9.17) is 6.42 Å². The third kappa shape index (κ3) is 3.22. The zero-order chi connectivity index (χ0) is 11.5. The van der Waals surface area contributed by atoms with Crippen molar-refractivity contribution in [3.63, 3.8) is 0 Å². The van der Waals surface area contributed by atoms with E-state index in [1.165, 1.54) is 13.0 Å². The Morgan fingerprint density at radius 1 is 1.13 bits per heavy atom. The molecule has 0 radical (unpaired) electrons. The molecule has 2 nitrogen and oxygen atoms in total. The summed E-state index contributed by atoms with van der Waals surface area (Å²) in [6.07, 6.45) is 6.80. The van der Waals surface area contributed by atoms with E-state index in [0.717, 1.165) is 19.6 Å². The molecule has 0 amide bonds. The van der Waals surface area contributed by atoms with Gasteiger partial charge in [0.15, 0.2) is 0 Å². The Labute approximate surface area is 94.6 Å². The molecule has 15 heavy (non-hydrogen) atoms. The van der Waals surface area contributed by atoms with Crippen molar-refractivity contribution in [1.82, 2.24) is 9.80 Å². The van der Waals surface area contributed by atoms with Crippen molar-refractivity contribution >= 4 is 0 Å². The van der Waals surface area contributed by atoms with Crippen LogP contribution in [0.4, 0.5) is 0 Å². The highest BCUT2D eigenvalue weighted by Crippen LogP contribution is 2.16. The fourth-order valence-corrected chi connectivity index (χ4v) is 2.10. The summed E-state index contributed by atoms with van der Waals surface area (Å²) < 4.78 is 0. The Morgan fingerprint density at radius 2 is 1.80 bits per heavy atom. The van der Waals surface area contributed by atoms with Crippen LogP contribution < -0.4 is 0 Å². The summed E-state index contributed by atoms with van der Waals surface area (Å²) in [6.45, 7) is 13.4. The van der Waals surface area contributed by atoms with Crippen LogP contribution in [-0.4, -0.2) is 47.6 Å². The lowest BCUT2D eigenvalue weighted by atomic mass is 10.0. The molecule has 1 rings (SSSR count). The van der Waals surface area contributed by atoms with Crippen LogP contribution in [0.1, 0.15) is 34.1 Å².